The van der Waals surface area contributed by atoms with E-state index in [1.165, 1.54) is 6.07 Å². The summed E-state index contributed by atoms with van der Waals surface area (Å²) in [5.74, 6) is 1.24. The molecule has 2 fully saturated rings. The Bertz CT molecular complexity index is 605. The molecule has 2 heterocycles. The number of likely N-dealkylation sites (tertiary alicyclic amines) is 1. The van der Waals surface area contributed by atoms with Gasteiger partial charge >= 0.3 is 0 Å². The van der Waals surface area contributed by atoms with Crippen molar-refractivity contribution >= 4 is 5.91 Å². The predicted molar refractivity (Wildman–Crippen MR) is 97.6 cm³/mol. The molecule has 26 heavy (non-hydrogen) atoms. The summed E-state index contributed by atoms with van der Waals surface area (Å²) in [6.07, 6.45) is 3.76. The number of morpholine rings is 1. The molecule has 0 saturated carbocycles. The third-order valence-corrected chi connectivity index (χ3v) is 5.38. The molecule has 1 atom stereocenters. The van der Waals surface area contributed by atoms with Crippen molar-refractivity contribution in [1.29, 1.82) is 0 Å². The van der Waals surface area contributed by atoms with E-state index in [4.69, 9.17) is 9.47 Å². The molecule has 1 aromatic rings. The molecule has 6 heteroatoms. The molecule has 0 aromatic heterocycles. The van der Waals surface area contributed by atoms with Crippen LogP contribution in [0.5, 0.6) is 5.75 Å². The van der Waals surface area contributed by atoms with Crippen LogP contribution in [-0.4, -0.2) is 62.2 Å². The van der Waals surface area contributed by atoms with Crippen LogP contribution >= 0.6 is 0 Å². The van der Waals surface area contributed by atoms with E-state index < -0.39 is 0 Å². The lowest BCUT2D eigenvalue weighted by molar-refractivity contribution is -0.135. The van der Waals surface area contributed by atoms with Crippen LogP contribution in [0.15, 0.2) is 18.2 Å². The first-order valence-corrected chi connectivity index (χ1v) is 9.56. The van der Waals surface area contributed by atoms with Crippen LogP contribution in [-0.2, 0) is 16.1 Å². The molecule has 0 N–H and O–H groups in total. The van der Waals surface area contributed by atoms with E-state index in [9.17, 15) is 9.18 Å². The number of hydrogen-bond acceptors (Lipinski definition) is 4. The molecule has 1 aromatic carbocycles. The van der Waals surface area contributed by atoms with Crippen LogP contribution in [0, 0.1) is 11.7 Å². The lowest BCUT2D eigenvalue weighted by Crippen LogP contribution is -2.41. The average Bonchev–Trinajstić information content (AvgIpc) is 2.69. The minimum atomic E-state index is -0.185. The first kappa shape index (κ1) is 19.1. The third kappa shape index (κ3) is 5.17. The van der Waals surface area contributed by atoms with Crippen LogP contribution in [0.25, 0.3) is 0 Å². The van der Waals surface area contributed by atoms with Gasteiger partial charge in [0.2, 0.25) is 5.91 Å². The van der Waals surface area contributed by atoms with Crippen LogP contribution in [0.1, 0.15) is 31.2 Å². The van der Waals surface area contributed by atoms with Gasteiger partial charge in [-0.3, -0.25) is 9.69 Å². The highest BCUT2D eigenvalue weighted by Gasteiger charge is 2.23. The van der Waals surface area contributed by atoms with Crippen molar-refractivity contribution in [2.45, 2.75) is 32.2 Å². The molecule has 0 bridgehead atoms. The number of methoxy groups -OCH3 is 1. The zero-order chi connectivity index (χ0) is 18.4. The number of nitrogens with zero attached hydrogens (tertiary/aromatic N) is 2. The largest absolute Gasteiger partial charge is 0.497 e. The van der Waals surface area contributed by atoms with Gasteiger partial charge in [0.15, 0.2) is 0 Å². The monoisotopic (exact) mass is 364 g/mol. The van der Waals surface area contributed by atoms with Gasteiger partial charge in [0.25, 0.3) is 0 Å². The van der Waals surface area contributed by atoms with Gasteiger partial charge in [-0.2, -0.15) is 0 Å². The highest BCUT2D eigenvalue weighted by atomic mass is 19.1. The Morgan fingerprint density at radius 3 is 2.88 bits per heavy atom. The lowest BCUT2D eigenvalue weighted by atomic mass is 9.92. The predicted octanol–water partition coefficient (Wildman–Crippen LogP) is 2.69. The summed E-state index contributed by atoms with van der Waals surface area (Å²) < 4.78 is 24.6. The Balaban J connectivity index is 1.48. The van der Waals surface area contributed by atoms with Crippen molar-refractivity contribution in [2.75, 3.05) is 46.5 Å². The maximum absolute atomic E-state index is 14.1. The lowest BCUT2D eigenvalue weighted by Gasteiger charge is -2.33. The van der Waals surface area contributed by atoms with Gasteiger partial charge in [-0.05, 0) is 49.9 Å². The van der Waals surface area contributed by atoms with Crippen LogP contribution in [0.2, 0.25) is 0 Å². The van der Waals surface area contributed by atoms with Crippen LogP contribution in [0.4, 0.5) is 4.39 Å². The highest BCUT2D eigenvalue weighted by Crippen LogP contribution is 2.25. The molecule has 0 unspecified atom stereocenters. The first-order valence-electron chi connectivity index (χ1n) is 9.56. The minimum Gasteiger partial charge on any atom is -0.497 e. The van der Waals surface area contributed by atoms with Crippen molar-refractivity contribution < 1.29 is 18.7 Å². The average molecular weight is 364 g/mol. The molecule has 0 spiro atoms. The van der Waals surface area contributed by atoms with E-state index in [0.717, 1.165) is 32.4 Å². The molecular weight excluding hydrogens is 335 g/mol. The Morgan fingerprint density at radius 2 is 2.12 bits per heavy atom. The van der Waals surface area contributed by atoms with Crippen molar-refractivity contribution in [1.82, 2.24) is 9.80 Å². The molecule has 0 aliphatic carbocycles. The van der Waals surface area contributed by atoms with Gasteiger partial charge < -0.3 is 14.4 Å². The minimum absolute atomic E-state index is 0.185. The Kier molecular flexibility index (Phi) is 6.86. The van der Waals surface area contributed by atoms with Crippen LogP contribution in [0.3, 0.4) is 0 Å². The Labute approximate surface area is 155 Å². The second-order valence-electron chi connectivity index (χ2n) is 7.23. The first-order chi connectivity index (χ1) is 12.7. The highest BCUT2D eigenvalue weighted by molar-refractivity contribution is 5.76. The van der Waals surface area contributed by atoms with Gasteiger partial charge in [0, 0.05) is 38.2 Å². The van der Waals surface area contributed by atoms with E-state index in [0.29, 0.717) is 56.5 Å². The molecular formula is C20H29FN2O3. The number of halogens is 1. The summed E-state index contributed by atoms with van der Waals surface area (Å²) in [5, 5.41) is 0. The smallest absolute Gasteiger partial charge is 0.222 e. The molecule has 2 saturated heterocycles. The van der Waals surface area contributed by atoms with E-state index in [-0.39, 0.29) is 11.7 Å². The molecule has 144 valence electrons. The Hall–Kier alpha value is -1.66. The summed E-state index contributed by atoms with van der Waals surface area (Å²) in [6, 6.07) is 4.90. The number of ether oxygens (including phenoxy) is 2. The maximum Gasteiger partial charge on any atom is 0.222 e. The van der Waals surface area contributed by atoms with E-state index in [1.807, 2.05) is 4.90 Å². The second-order valence-corrected chi connectivity index (χ2v) is 7.23. The molecule has 2 aliphatic heterocycles. The standard InChI is InChI=1S/C20H29FN2O3/c1-25-18-5-6-19(21)17(13-18)15-22-8-2-3-16(14-22)4-7-20(24)23-9-11-26-12-10-23/h5-6,13,16H,2-4,7-12,14-15H2,1H3/t16-/m1/s1. The summed E-state index contributed by atoms with van der Waals surface area (Å²) >= 11 is 0. The summed E-state index contributed by atoms with van der Waals surface area (Å²) in [4.78, 5) is 16.5. The van der Waals surface area contributed by atoms with E-state index in [2.05, 4.69) is 4.90 Å². The fourth-order valence-corrected chi connectivity index (χ4v) is 3.87. The third-order valence-electron chi connectivity index (χ3n) is 5.38. The van der Waals surface area contributed by atoms with Crippen LogP contribution < -0.4 is 4.74 Å². The zero-order valence-electron chi connectivity index (χ0n) is 15.6. The number of benzene rings is 1. The second kappa shape index (κ2) is 9.33. The van der Waals surface area contributed by atoms with Gasteiger partial charge in [0.1, 0.15) is 11.6 Å². The maximum atomic E-state index is 14.1. The summed E-state index contributed by atoms with van der Waals surface area (Å²) in [6.45, 7) is 5.22. The number of carbonyl (C=O) groups excluding carboxylic acids is 1. The number of piperidine rings is 1. The van der Waals surface area contributed by atoms with Gasteiger partial charge in [0.05, 0.1) is 20.3 Å². The summed E-state index contributed by atoms with van der Waals surface area (Å²) in [7, 11) is 1.60. The molecule has 1 amide bonds. The number of rotatable bonds is 6. The van der Waals surface area contributed by atoms with Gasteiger partial charge in [-0.25, -0.2) is 4.39 Å². The topological polar surface area (TPSA) is 42.0 Å². The molecule has 0 radical (unpaired) electrons. The molecule has 2 aliphatic rings. The Morgan fingerprint density at radius 1 is 1.31 bits per heavy atom. The fraction of sp³-hybridized carbons (Fsp3) is 0.650. The number of carbonyl (C=O) groups is 1. The van der Waals surface area contributed by atoms with Crippen molar-refractivity contribution in [3.05, 3.63) is 29.6 Å². The van der Waals surface area contributed by atoms with Crippen molar-refractivity contribution in [3.63, 3.8) is 0 Å². The normalized spacial score (nSPS) is 21.6. The van der Waals surface area contributed by atoms with E-state index >= 15 is 0 Å². The zero-order valence-corrected chi connectivity index (χ0v) is 15.6. The number of amides is 1. The quantitative estimate of drug-likeness (QED) is 0.778. The van der Waals surface area contributed by atoms with Crippen molar-refractivity contribution in [3.8, 4) is 5.75 Å². The fourth-order valence-electron chi connectivity index (χ4n) is 3.87. The van der Waals surface area contributed by atoms with E-state index in [1.54, 1.807) is 19.2 Å². The van der Waals surface area contributed by atoms with Gasteiger partial charge in [-0.15, -0.1) is 0 Å². The SMILES string of the molecule is COc1ccc(F)c(CN2CCC[C@H](CCC(=O)N3CCOCC3)C2)c1. The van der Waals surface area contributed by atoms with Crippen molar-refractivity contribution in [2.24, 2.45) is 5.92 Å². The molecule has 5 nitrogen and oxygen atoms in total. The van der Waals surface area contributed by atoms with Gasteiger partial charge in [-0.1, -0.05) is 0 Å². The number of hydrogen-bond donors (Lipinski definition) is 0. The molecule has 3 rings (SSSR count). The summed E-state index contributed by atoms with van der Waals surface area (Å²) in [5.41, 5.74) is 0.675.